The van der Waals surface area contributed by atoms with Crippen molar-refractivity contribution in [3.63, 3.8) is 0 Å². The standard InChI is InChI=1S/C13H27N3OS.HI/c1-3-13(4-2,5-8-17)11-15-12(14)16-6-9-18-10-7-16;/h17H,3-11H2,1-2H3,(H2,14,15);1H. The van der Waals surface area contributed by atoms with Gasteiger partial charge in [-0.1, -0.05) is 13.8 Å². The molecular formula is C13H28IN3OS. The lowest BCUT2D eigenvalue weighted by atomic mass is 9.79. The van der Waals surface area contributed by atoms with E-state index in [2.05, 4.69) is 23.7 Å². The first-order valence-corrected chi connectivity index (χ1v) is 8.06. The second-order valence-electron chi connectivity index (χ2n) is 4.95. The summed E-state index contributed by atoms with van der Waals surface area (Å²) in [7, 11) is 0. The van der Waals surface area contributed by atoms with Crippen molar-refractivity contribution in [2.24, 2.45) is 16.1 Å². The maximum Gasteiger partial charge on any atom is 0.191 e. The Hall–Kier alpha value is 0.310. The average Bonchev–Trinajstić information content (AvgIpc) is 2.44. The number of nitrogens with two attached hydrogens (primary N) is 1. The fourth-order valence-electron chi connectivity index (χ4n) is 2.28. The van der Waals surface area contributed by atoms with E-state index in [4.69, 9.17) is 5.73 Å². The third kappa shape index (κ3) is 6.08. The highest BCUT2D eigenvalue weighted by Gasteiger charge is 2.25. The molecule has 1 aliphatic heterocycles. The summed E-state index contributed by atoms with van der Waals surface area (Å²) in [5.74, 6) is 2.96. The van der Waals surface area contributed by atoms with Crippen LogP contribution in [0.15, 0.2) is 4.99 Å². The molecule has 1 rings (SSSR count). The number of guanidine groups is 1. The molecular weight excluding hydrogens is 373 g/mol. The Morgan fingerprint density at radius 3 is 2.37 bits per heavy atom. The number of hydrogen-bond acceptors (Lipinski definition) is 3. The highest BCUT2D eigenvalue weighted by atomic mass is 127. The molecule has 0 radical (unpaired) electrons. The zero-order chi connectivity index (χ0) is 13.4. The van der Waals surface area contributed by atoms with Gasteiger partial charge in [-0.05, 0) is 24.7 Å². The predicted molar refractivity (Wildman–Crippen MR) is 95.5 cm³/mol. The van der Waals surface area contributed by atoms with E-state index in [1.807, 2.05) is 11.8 Å². The first-order valence-electron chi connectivity index (χ1n) is 6.91. The van der Waals surface area contributed by atoms with E-state index < -0.39 is 0 Å². The molecule has 4 nitrogen and oxygen atoms in total. The molecule has 0 aliphatic carbocycles. The van der Waals surface area contributed by atoms with E-state index in [9.17, 15) is 5.11 Å². The first kappa shape index (κ1) is 19.3. The molecule has 1 fully saturated rings. The minimum absolute atomic E-state index is 0. The zero-order valence-electron chi connectivity index (χ0n) is 12.1. The van der Waals surface area contributed by atoms with Crippen LogP contribution in [0.5, 0.6) is 0 Å². The monoisotopic (exact) mass is 401 g/mol. The molecule has 0 unspecified atom stereocenters. The largest absolute Gasteiger partial charge is 0.396 e. The number of aliphatic imine (C=N–C) groups is 1. The van der Waals surface area contributed by atoms with Gasteiger partial charge in [0.15, 0.2) is 5.96 Å². The Kier molecular flexibility index (Phi) is 10.3. The van der Waals surface area contributed by atoms with Crippen LogP contribution in [0.1, 0.15) is 33.1 Å². The van der Waals surface area contributed by atoms with Crippen molar-refractivity contribution in [1.82, 2.24) is 4.90 Å². The van der Waals surface area contributed by atoms with E-state index in [1.54, 1.807) is 0 Å². The van der Waals surface area contributed by atoms with Gasteiger partial charge in [0.1, 0.15) is 0 Å². The van der Waals surface area contributed by atoms with Gasteiger partial charge in [-0.2, -0.15) is 11.8 Å². The van der Waals surface area contributed by atoms with Gasteiger partial charge in [0.05, 0.1) is 0 Å². The Balaban J connectivity index is 0.00000324. The first-order chi connectivity index (χ1) is 8.67. The van der Waals surface area contributed by atoms with Crippen LogP contribution < -0.4 is 5.73 Å². The smallest absolute Gasteiger partial charge is 0.191 e. The number of nitrogens with zero attached hydrogens (tertiary/aromatic N) is 2. The lowest BCUT2D eigenvalue weighted by Crippen LogP contribution is -2.43. The normalized spacial score (nSPS) is 17.2. The van der Waals surface area contributed by atoms with Gasteiger partial charge in [0.25, 0.3) is 0 Å². The van der Waals surface area contributed by atoms with Crippen LogP contribution in [0.2, 0.25) is 0 Å². The van der Waals surface area contributed by atoms with Gasteiger partial charge in [0, 0.05) is 37.7 Å². The molecule has 0 aromatic carbocycles. The van der Waals surface area contributed by atoms with Crippen molar-refractivity contribution < 1.29 is 5.11 Å². The summed E-state index contributed by atoms with van der Waals surface area (Å²) < 4.78 is 0. The van der Waals surface area contributed by atoms with Gasteiger partial charge >= 0.3 is 0 Å². The van der Waals surface area contributed by atoms with E-state index in [0.717, 1.165) is 50.4 Å². The molecule has 1 heterocycles. The van der Waals surface area contributed by atoms with Crippen molar-refractivity contribution in [3.05, 3.63) is 0 Å². The lowest BCUT2D eigenvalue weighted by molar-refractivity contribution is 0.175. The molecule has 0 atom stereocenters. The Morgan fingerprint density at radius 1 is 1.32 bits per heavy atom. The SMILES string of the molecule is CCC(CC)(CCO)CN=C(N)N1CCSCC1.I. The van der Waals surface area contributed by atoms with Crippen molar-refractivity contribution in [2.75, 3.05) is 37.7 Å². The maximum absolute atomic E-state index is 9.19. The summed E-state index contributed by atoms with van der Waals surface area (Å²) in [5, 5.41) is 9.19. The number of aliphatic hydroxyl groups is 1. The summed E-state index contributed by atoms with van der Waals surface area (Å²) in [6.07, 6.45) is 2.89. The number of aliphatic hydroxyl groups excluding tert-OH is 1. The number of halogens is 1. The molecule has 0 amide bonds. The maximum atomic E-state index is 9.19. The van der Waals surface area contributed by atoms with Gasteiger partial charge in [-0.15, -0.1) is 24.0 Å². The predicted octanol–water partition coefficient (Wildman–Crippen LogP) is 2.16. The molecule has 1 aliphatic rings. The summed E-state index contributed by atoms with van der Waals surface area (Å²) in [6, 6.07) is 0. The third-order valence-electron chi connectivity index (χ3n) is 4.05. The minimum atomic E-state index is 0. The summed E-state index contributed by atoms with van der Waals surface area (Å²) in [6.45, 7) is 7.31. The minimum Gasteiger partial charge on any atom is -0.396 e. The number of hydrogen-bond donors (Lipinski definition) is 2. The number of rotatable bonds is 6. The van der Waals surface area contributed by atoms with Crippen LogP contribution in [-0.2, 0) is 0 Å². The molecule has 1 saturated heterocycles. The molecule has 0 spiro atoms. The van der Waals surface area contributed by atoms with Crippen LogP contribution in [0, 0.1) is 5.41 Å². The van der Waals surface area contributed by atoms with Crippen LogP contribution >= 0.6 is 35.7 Å². The quantitative estimate of drug-likeness (QED) is 0.407. The average molecular weight is 401 g/mol. The Labute approximate surface area is 138 Å². The van der Waals surface area contributed by atoms with Crippen LogP contribution in [0.3, 0.4) is 0 Å². The van der Waals surface area contributed by atoms with E-state index in [0.29, 0.717) is 5.96 Å². The molecule has 0 aromatic rings. The fourth-order valence-corrected chi connectivity index (χ4v) is 3.19. The summed E-state index contributed by atoms with van der Waals surface area (Å²) >= 11 is 1.97. The van der Waals surface area contributed by atoms with Gasteiger partial charge in [0.2, 0.25) is 0 Å². The van der Waals surface area contributed by atoms with Gasteiger partial charge in [-0.3, -0.25) is 4.99 Å². The molecule has 0 aromatic heterocycles. The summed E-state index contributed by atoms with van der Waals surface area (Å²) in [5.41, 5.74) is 6.18. The van der Waals surface area contributed by atoms with E-state index in [-0.39, 0.29) is 36.0 Å². The van der Waals surface area contributed by atoms with E-state index >= 15 is 0 Å². The van der Waals surface area contributed by atoms with Crippen LogP contribution in [0.4, 0.5) is 0 Å². The molecule has 3 N–H and O–H groups in total. The van der Waals surface area contributed by atoms with Gasteiger partial charge < -0.3 is 15.7 Å². The zero-order valence-corrected chi connectivity index (χ0v) is 15.2. The Morgan fingerprint density at radius 2 is 1.89 bits per heavy atom. The molecule has 114 valence electrons. The molecule has 0 saturated carbocycles. The van der Waals surface area contributed by atoms with Crippen molar-refractivity contribution in [2.45, 2.75) is 33.1 Å². The van der Waals surface area contributed by atoms with Crippen LogP contribution in [-0.4, -0.2) is 53.7 Å². The fraction of sp³-hybridized carbons (Fsp3) is 0.923. The highest BCUT2D eigenvalue weighted by molar-refractivity contribution is 14.0. The van der Waals surface area contributed by atoms with Gasteiger partial charge in [-0.25, -0.2) is 0 Å². The summed E-state index contributed by atoms with van der Waals surface area (Å²) in [4.78, 5) is 6.75. The van der Waals surface area contributed by atoms with E-state index in [1.165, 1.54) is 0 Å². The third-order valence-corrected chi connectivity index (χ3v) is 5.00. The lowest BCUT2D eigenvalue weighted by Gasteiger charge is -2.31. The molecule has 19 heavy (non-hydrogen) atoms. The van der Waals surface area contributed by atoms with Crippen LogP contribution in [0.25, 0.3) is 0 Å². The number of thioether (sulfide) groups is 1. The van der Waals surface area contributed by atoms with Crippen molar-refractivity contribution >= 4 is 41.7 Å². The van der Waals surface area contributed by atoms with Crippen molar-refractivity contribution in [1.29, 1.82) is 0 Å². The van der Waals surface area contributed by atoms with Crippen molar-refractivity contribution in [3.8, 4) is 0 Å². The second-order valence-corrected chi connectivity index (χ2v) is 6.18. The Bertz CT molecular complexity index is 267. The molecule has 0 bridgehead atoms. The highest BCUT2D eigenvalue weighted by Crippen LogP contribution is 2.30. The second kappa shape index (κ2) is 10.1. The molecule has 6 heteroatoms. The topological polar surface area (TPSA) is 61.9 Å².